The van der Waals surface area contributed by atoms with Gasteiger partial charge in [-0.15, -0.1) is 0 Å². The van der Waals surface area contributed by atoms with Gasteiger partial charge in [-0.1, -0.05) is 128 Å². The molecule has 444 valence electrons. The number of carbonyl (C=O) groups is 1. The third-order valence-corrected chi connectivity index (χ3v) is 16.7. The number of rotatable bonds is 39. The number of hydrogen-bond acceptors (Lipinski definition) is 10. The molecule has 0 saturated carbocycles. The van der Waals surface area contributed by atoms with Gasteiger partial charge in [-0.25, -0.2) is 9.13 Å². The summed E-state index contributed by atoms with van der Waals surface area (Å²) in [6.07, 6.45) is 39.5. The molecule has 7 atom stereocenters. The van der Waals surface area contributed by atoms with E-state index >= 15 is 0 Å². The van der Waals surface area contributed by atoms with Crippen LogP contribution in [0.2, 0.25) is 0 Å². The van der Waals surface area contributed by atoms with Crippen LogP contribution in [0, 0.1) is 0 Å². The first kappa shape index (κ1) is 72.7. The summed E-state index contributed by atoms with van der Waals surface area (Å²) in [5.74, 6) is -0.707. The van der Waals surface area contributed by atoms with E-state index in [0.29, 0.717) is 6.42 Å². The van der Waals surface area contributed by atoms with Crippen LogP contribution in [0.3, 0.4) is 0 Å². The minimum Gasteiger partial charge on any atom is -0.394 e. The second kappa shape index (κ2) is 40.8. The molecule has 78 heavy (non-hydrogen) atoms. The van der Waals surface area contributed by atoms with Gasteiger partial charge < -0.3 is 35.2 Å². The van der Waals surface area contributed by atoms with Crippen LogP contribution < -0.4 is 5.32 Å². The molecule has 0 aromatic heterocycles. The standard InChI is InChI=1S/C63H105NO12P2/c1-14-47(2)24-15-25-48(3)26-16-27-49(4)30-18-33-52(7)36-21-39-55(10)42-43-56(11)40-22-37-53(8)34-19-31-50(5)28-17-29-51(6)32-20-35-54(9)38-23-41-57(12)44-45-73-77(69,70)76-78(71,72)75-63-60(64-58(13)66)62(68)61(67)59(46-65)74-63/h14,25,27-28,32-34,38-40,44,59-63,65,67-68H,15-24,26,29-31,35-37,41-43,45-46H2,1-13H3,(H,64,66)(H,69,70)(H,71,72)/b47-14+,48-25+,49-27+,50-28+,51-32+,52-33+,53-34+,54-38+,55-39+,56-40+,57-44+/t59-,60-,61-,62-,63-/m1/s1. The molecule has 1 amide bonds. The molecule has 1 fully saturated rings. The molecular formula is C63H105NO12P2. The Morgan fingerprint density at radius 3 is 1.05 bits per heavy atom. The molecule has 6 N–H and O–H groups in total. The van der Waals surface area contributed by atoms with Crippen LogP contribution in [-0.2, 0) is 32.0 Å². The molecular weight excluding hydrogens is 1020 g/mol. The fourth-order valence-corrected chi connectivity index (χ4v) is 10.7. The smallest absolute Gasteiger partial charge is 0.394 e. The first-order chi connectivity index (χ1) is 36.8. The van der Waals surface area contributed by atoms with Crippen molar-refractivity contribution in [2.45, 2.75) is 249 Å². The molecule has 1 aliphatic heterocycles. The van der Waals surface area contributed by atoms with E-state index < -0.39 is 65.4 Å². The van der Waals surface area contributed by atoms with Crippen LogP contribution in [0.4, 0.5) is 0 Å². The summed E-state index contributed by atoms with van der Waals surface area (Å²) in [6.45, 7) is 26.2. The van der Waals surface area contributed by atoms with Crippen molar-refractivity contribution < 1.29 is 57.1 Å². The summed E-state index contributed by atoms with van der Waals surface area (Å²) in [5.41, 5.74) is 15.4. The normalized spacial score (nSPS) is 22.0. The van der Waals surface area contributed by atoms with Crippen LogP contribution in [0.15, 0.2) is 128 Å². The Kier molecular flexibility index (Phi) is 38.1. The number of aliphatic hydroxyl groups is 3. The monoisotopic (exact) mass is 1130 g/mol. The van der Waals surface area contributed by atoms with Gasteiger partial charge >= 0.3 is 15.6 Å². The highest BCUT2D eigenvalue weighted by Gasteiger charge is 2.49. The zero-order chi connectivity index (χ0) is 58.7. The topological polar surface area (TPSA) is 201 Å². The van der Waals surface area contributed by atoms with Crippen molar-refractivity contribution in [3.05, 3.63) is 128 Å². The van der Waals surface area contributed by atoms with Crippen molar-refractivity contribution in [3.63, 3.8) is 0 Å². The molecule has 1 rings (SSSR count). The number of phosphoric acid groups is 2. The van der Waals surface area contributed by atoms with Crippen molar-refractivity contribution >= 4 is 21.6 Å². The Hall–Kier alpha value is -3.29. The third kappa shape index (κ3) is 36.1. The molecule has 0 bridgehead atoms. The van der Waals surface area contributed by atoms with E-state index in [9.17, 15) is 39.0 Å². The molecule has 1 aliphatic rings. The number of ether oxygens (including phenoxy) is 1. The lowest BCUT2D eigenvalue weighted by atomic mass is 9.97. The van der Waals surface area contributed by atoms with Crippen LogP contribution in [0.25, 0.3) is 0 Å². The Morgan fingerprint density at radius 2 is 0.756 bits per heavy atom. The second-order valence-corrected chi connectivity index (χ2v) is 24.8. The molecule has 0 aromatic rings. The molecule has 2 unspecified atom stereocenters. The predicted molar refractivity (Wildman–Crippen MR) is 322 cm³/mol. The second-order valence-electron chi connectivity index (χ2n) is 21.8. The van der Waals surface area contributed by atoms with Gasteiger partial charge in [0.15, 0.2) is 6.29 Å². The molecule has 0 radical (unpaired) electrons. The largest absolute Gasteiger partial charge is 0.483 e. The van der Waals surface area contributed by atoms with Gasteiger partial charge in [0.2, 0.25) is 5.91 Å². The fraction of sp³-hybridized carbons (Fsp3) is 0.635. The number of nitrogens with one attached hydrogen (secondary N) is 1. The number of hydrogen-bond donors (Lipinski definition) is 6. The van der Waals surface area contributed by atoms with E-state index in [1.165, 1.54) is 62.2 Å². The van der Waals surface area contributed by atoms with Crippen molar-refractivity contribution in [3.8, 4) is 0 Å². The van der Waals surface area contributed by atoms with Gasteiger partial charge in [-0.05, 0) is 212 Å². The number of phosphoric ester groups is 2. The minimum absolute atomic E-state index is 0.407. The van der Waals surface area contributed by atoms with E-state index in [4.69, 9.17) is 13.8 Å². The summed E-state index contributed by atoms with van der Waals surface area (Å²) in [5, 5.41) is 32.1. The highest BCUT2D eigenvalue weighted by molar-refractivity contribution is 7.61. The lowest BCUT2D eigenvalue weighted by molar-refractivity contribution is -0.247. The number of amides is 1. The summed E-state index contributed by atoms with van der Waals surface area (Å²) in [7, 11) is -10.6. The summed E-state index contributed by atoms with van der Waals surface area (Å²) >= 11 is 0. The number of carbonyl (C=O) groups excluding carboxylic acids is 1. The Labute approximate surface area is 472 Å². The minimum atomic E-state index is -5.42. The van der Waals surface area contributed by atoms with Crippen molar-refractivity contribution in [1.82, 2.24) is 5.32 Å². The maximum Gasteiger partial charge on any atom is 0.483 e. The first-order valence-corrected chi connectivity index (χ1v) is 31.5. The van der Waals surface area contributed by atoms with E-state index in [-0.39, 0.29) is 0 Å². The Morgan fingerprint density at radius 1 is 0.462 bits per heavy atom. The maximum absolute atomic E-state index is 12.6. The van der Waals surface area contributed by atoms with E-state index in [1.807, 2.05) is 6.92 Å². The number of allylic oxidation sites excluding steroid dienone is 21. The highest BCUT2D eigenvalue weighted by Crippen LogP contribution is 2.61. The SMILES string of the molecule is C/C=C(\C)CC/C=C(\C)CC/C=C(\C)CC/C=C(\C)CC/C=C(\C)CC/C(C)=C/CC/C(C)=C/CC/C(C)=C/CC/C(C)=C/CC/C(C)=C/CC/C(C)=C/COP(=O)(O)OP(=O)(O)O[C@H]1O[C@H](CO)[C@@H](O)[C@H](O)[C@H]1NC(C)=O. The van der Waals surface area contributed by atoms with E-state index in [0.717, 1.165) is 128 Å². The van der Waals surface area contributed by atoms with Crippen LogP contribution >= 0.6 is 15.6 Å². The first-order valence-electron chi connectivity index (χ1n) is 28.5. The van der Waals surface area contributed by atoms with Gasteiger partial charge in [0.1, 0.15) is 24.4 Å². The van der Waals surface area contributed by atoms with Gasteiger partial charge in [0.25, 0.3) is 0 Å². The lowest BCUT2D eigenvalue weighted by Crippen LogP contribution is -2.64. The molecule has 1 heterocycles. The Balaban J connectivity index is 2.34. The van der Waals surface area contributed by atoms with Crippen LogP contribution in [0.5, 0.6) is 0 Å². The summed E-state index contributed by atoms with van der Waals surface area (Å²) < 4.78 is 44.4. The van der Waals surface area contributed by atoms with Crippen molar-refractivity contribution in [2.24, 2.45) is 0 Å². The average molecular weight is 1130 g/mol. The average Bonchev–Trinajstić information content (AvgIpc) is 3.34. The molecule has 13 nitrogen and oxygen atoms in total. The zero-order valence-corrected chi connectivity index (χ0v) is 52.1. The van der Waals surface area contributed by atoms with E-state index in [1.54, 1.807) is 6.08 Å². The van der Waals surface area contributed by atoms with Crippen molar-refractivity contribution in [1.29, 1.82) is 0 Å². The molecule has 0 spiro atoms. The van der Waals surface area contributed by atoms with Crippen LogP contribution in [0.1, 0.15) is 218 Å². The quantitative estimate of drug-likeness (QED) is 0.0252. The van der Waals surface area contributed by atoms with Crippen molar-refractivity contribution in [2.75, 3.05) is 13.2 Å². The highest BCUT2D eigenvalue weighted by atomic mass is 31.3. The Bertz CT molecular complexity index is 2260. The predicted octanol–water partition coefficient (Wildman–Crippen LogP) is 16.4. The lowest BCUT2D eigenvalue weighted by Gasteiger charge is -2.42. The van der Waals surface area contributed by atoms with Gasteiger partial charge in [0, 0.05) is 6.92 Å². The molecule has 0 aliphatic carbocycles. The molecule has 0 aromatic carbocycles. The van der Waals surface area contributed by atoms with Gasteiger partial charge in [0.05, 0.1) is 13.2 Å². The zero-order valence-electron chi connectivity index (χ0n) is 50.3. The van der Waals surface area contributed by atoms with Gasteiger partial charge in [-0.3, -0.25) is 13.8 Å². The fourth-order valence-electron chi connectivity index (χ4n) is 8.61. The molecule has 1 saturated heterocycles. The van der Waals surface area contributed by atoms with E-state index in [2.05, 4.69) is 147 Å². The molecule has 15 heteroatoms. The maximum atomic E-state index is 12.6. The van der Waals surface area contributed by atoms with Gasteiger partial charge in [-0.2, -0.15) is 4.31 Å². The summed E-state index contributed by atoms with van der Waals surface area (Å²) in [6, 6.07) is -1.58. The summed E-state index contributed by atoms with van der Waals surface area (Å²) in [4.78, 5) is 31.9. The number of aliphatic hydroxyl groups excluding tert-OH is 3. The third-order valence-electron chi connectivity index (χ3n) is 14.1. The van der Waals surface area contributed by atoms with Crippen LogP contribution in [-0.4, -0.2) is 74.9 Å².